The zero-order chi connectivity index (χ0) is 13.5. The number of aliphatic hydroxyl groups is 1. The molecule has 0 bridgehead atoms. The molecule has 6 heteroatoms. The monoisotopic (exact) mass is 324 g/mol. The Kier molecular flexibility index (Phi) is 5.47. The first-order chi connectivity index (χ1) is 9.29. The van der Waals surface area contributed by atoms with Gasteiger partial charge >= 0.3 is 0 Å². The summed E-state index contributed by atoms with van der Waals surface area (Å²) in [5, 5.41) is 21.2. The predicted molar refractivity (Wildman–Crippen MR) is 75.7 cm³/mol. The predicted octanol–water partition coefficient (Wildman–Crippen LogP) is 2.19. The van der Waals surface area contributed by atoms with Gasteiger partial charge in [-0.3, -0.25) is 0 Å². The van der Waals surface area contributed by atoms with E-state index in [1.54, 1.807) is 4.80 Å². The van der Waals surface area contributed by atoms with E-state index in [0.717, 1.165) is 41.7 Å². The Balaban J connectivity index is 1.89. The van der Waals surface area contributed by atoms with Gasteiger partial charge in [-0.15, -0.1) is 10.2 Å². The fourth-order valence-electron chi connectivity index (χ4n) is 1.80. The van der Waals surface area contributed by atoms with Crippen molar-refractivity contribution >= 4 is 15.9 Å². The average Bonchev–Trinajstić information content (AvgIpc) is 2.85. The Hall–Kier alpha value is -1.27. The molecule has 1 N–H and O–H groups in total. The number of nitrogens with zero attached hydrogens (tertiary/aromatic N) is 4. The van der Waals surface area contributed by atoms with E-state index in [0.29, 0.717) is 6.42 Å². The summed E-state index contributed by atoms with van der Waals surface area (Å²) in [5.41, 5.74) is 1.15. The van der Waals surface area contributed by atoms with Crippen LogP contribution in [0.2, 0.25) is 0 Å². The van der Waals surface area contributed by atoms with Crippen LogP contribution in [0.4, 0.5) is 0 Å². The lowest BCUT2D eigenvalue weighted by atomic mass is 10.1. The fourth-order valence-corrected chi connectivity index (χ4v) is 2.22. The van der Waals surface area contributed by atoms with Gasteiger partial charge in [0.05, 0.1) is 6.54 Å². The van der Waals surface area contributed by atoms with Gasteiger partial charge in [-0.05, 0) is 36.1 Å². The van der Waals surface area contributed by atoms with Gasteiger partial charge in [-0.1, -0.05) is 34.1 Å². The third-order valence-corrected chi connectivity index (χ3v) is 3.59. The number of hydrogen-bond acceptors (Lipinski definition) is 4. The van der Waals surface area contributed by atoms with Crippen molar-refractivity contribution in [3.05, 3.63) is 40.1 Å². The van der Waals surface area contributed by atoms with Gasteiger partial charge in [-0.25, -0.2) is 0 Å². The van der Waals surface area contributed by atoms with Gasteiger partial charge in [0.15, 0.2) is 5.82 Å². The fraction of sp³-hybridized carbons (Fsp3) is 0.462. The third kappa shape index (κ3) is 4.40. The molecule has 2 rings (SSSR count). The minimum Gasteiger partial charge on any atom is -0.396 e. The smallest absolute Gasteiger partial charge is 0.179 e. The molecule has 0 spiro atoms. The maximum atomic E-state index is 8.70. The number of rotatable bonds is 7. The molecule has 1 aromatic carbocycles. The van der Waals surface area contributed by atoms with Crippen molar-refractivity contribution in [2.24, 2.45) is 0 Å². The number of aliphatic hydroxyl groups excluding tert-OH is 1. The van der Waals surface area contributed by atoms with E-state index in [-0.39, 0.29) is 6.61 Å². The SMILES string of the molecule is OCCCCCn1nnc(Cc2ccccc2Br)n1. The van der Waals surface area contributed by atoms with Gasteiger partial charge < -0.3 is 5.11 Å². The molecule has 0 unspecified atom stereocenters. The first-order valence-corrected chi connectivity index (χ1v) is 7.20. The van der Waals surface area contributed by atoms with Crippen LogP contribution in [0, 0.1) is 0 Å². The van der Waals surface area contributed by atoms with Crippen LogP contribution in [0.15, 0.2) is 28.7 Å². The number of aromatic nitrogens is 4. The van der Waals surface area contributed by atoms with Crippen LogP contribution in [0.25, 0.3) is 0 Å². The highest BCUT2D eigenvalue weighted by atomic mass is 79.9. The molecule has 2 aromatic rings. The summed E-state index contributed by atoms with van der Waals surface area (Å²) in [4.78, 5) is 1.63. The Morgan fingerprint density at radius 3 is 2.79 bits per heavy atom. The standard InChI is InChI=1S/C13H17BrN4O/c14-12-7-3-2-6-11(12)10-13-15-17-18(16-13)8-4-1-5-9-19/h2-3,6-7,19H,1,4-5,8-10H2. The van der Waals surface area contributed by atoms with Crippen molar-refractivity contribution < 1.29 is 5.11 Å². The molecule has 0 aliphatic heterocycles. The van der Waals surface area contributed by atoms with E-state index in [4.69, 9.17) is 5.11 Å². The quantitative estimate of drug-likeness (QED) is 0.793. The molecule has 1 aromatic heterocycles. The van der Waals surface area contributed by atoms with Gasteiger partial charge in [0.25, 0.3) is 0 Å². The normalized spacial score (nSPS) is 10.8. The first-order valence-electron chi connectivity index (χ1n) is 6.40. The second-order valence-electron chi connectivity index (χ2n) is 4.35. The van der Waals surface area contributed by atoms with Gasteiger partial charge in [0.2, 0.25) is 0 Å². The molecular formula is C13H17BrN4O. The van der Waals surface area contributed by atoms with Crippen LogP contribution in [0.1, 0.15) is 30.7 Å². The number of unbranched alkanes of at least 4 members (excludes halogenated alkanes) is 2. The molecule has 102 valence electrons. The molecule has 19 heavy (non-hydrogen) atoms. The van der Waals surface area contributed by atoms with E-state index >= 15 is 0 Å². The third-order valence-electron chi connectivity index (χ3n) is 2.82. The first kappa shape index (κ1) is 14.1. The van der Waals surface area contributed by atoms with E-state index in [1.165, 1.54) is 0 Å². The Labute approximate surface area is 120 Å². The maximum Gasteiger partial charge on any atom is 0.179 e. The summed E-state index contributed by atoms with van der Waals surface area (Å²) in [7, 11) is 0. The summed E-state index contributed by atoms with van der Waals surface area (Å²) in [5.74, 6) is 0.731. The second kappa shape index (κ2) is 7.35. The lowest BCUT2D eigenvalue weighted by Gasteiger charge is -2.00. The van der Waals surface area contributed by atoms with Crippen molar-refractivity contribution in [3.8, 4) is 0 Å². The van der Waals surface area contributed by atoms with Crippen LogP contribution in [-0.4, -0.2) is 31.9 Å². The van der Waals surface area contributed by atoms with Crippen molar-refractivity contribution in [3.63, 3.8) is 0 Å². The van der Waals surface area contributed by atoms with Gasteiger partial charge in [0.1, 0.15) is 0 Å². The Morgan fingerprint density at radius 1 is 1.16 bits per heavy atom. The highest BCUT2D eigenvalue weighted by molar-refractivity contribution is 9.10. The summed E-state index contributed by atoms with van der Waals surface area (Å²) >= 11 is 3.51. The Morgan fingerprint density at radius 2 is 2.00 bits per heavy atom. The minimum absolute atomic E-state index is 0.248. The number of tetrazole rings is 1. The zero-order valence-electron chi connectivity index (χ0n) is 10.7. The highest BCUT2D eigenvalue weighted by Crippen LogP contribution is 2.17. The van der Waals surface area contributed by atoms with Gasteiger partial charge in [0, 0.05) is 17.5 Å². The summed E-state index contributed by atoms with van der Waals surface area (Å²) in [6.07, 6.45) is 3.46. The van der Waals surface area contributed by atoms with E-state index in [9.17, 15) is 0 Å². The second-order valence-corrected chi connectivity index (χ2v) is 5.21. The maximum absolute atomic E-state index is 8.70. The van der Waals surface area contributed by atoms with Crippen LogP contribution in [0.3, 0.4) is 0 Å². The van der Waals surface area contributed by atoms with Crippen LogP contribution in [0.5, 0.6) is 0 Å². The topological polar surface area (TPSA) is 63.8 Å². The minimum atomic E-state index is 0.248. The Bertz CT molecular complexity index is 515. The average molecular weight is 325 g/mol. The van der Waals surface area contributed by atoms with Crippen molar-refractivity contribution in [2.75, 3.05) is 6.61 Å². The summed E-state index contributed by atoms with van der Waals surface area (Å²) in [6, 6.07) is 8.04. The molecule has 0 amide bonds. The largest absolute Gasteiger partial charge is 0.396 e. The molecular weight excluding hydrogens is 308 g/mol. The lowest BCUT2D eigenvalue weighted by Crippen LogP contribution is -2.03. The molecule has 0 radical (unpaired) electrons. The molecule has 5 nitrogen and oxygen atoms in total. The number of benzene rings is 1. The van der Waals surface area contributed by atoms with Crippen LogP contribution in [-0.2, 0) is 13.0 Å². The number of aryl methyl sites for hydroxylation is 1. The highest BCUT2D eigenvalue weighted by Gasteiger charge is 2.06. The van der Waals surface area contributed by atoms with Crippen LogP contribution >= 0.6 is 15.9 Å². The number of halogens is 1. The molecule has 0 aliphatic carbocycles. The van der Waals surface area contributed by atoms with Crippen LogP contribution < -0.4 is 0 Å². The summed E-state index contributed by atoms with van der Waals surface area (Å²) in [6.45, 7) is 1.00. The van der Waals surface area contributed by atoms with E-state index < -0.39 is 0 Å². The van der Waals surface area contributed by atoms with Crippen molar-refractivity contribution in [1.29, 1.82) is 0 Å². The molecule has 1 heterocycles. The molecule has 0 atom stereocenters. The van der Waals surface area contributed by atoms with E-state index in [1.807, 2.05) is 24.3 Å². The summed E-state index contributed by atoms with van der Waals surface area (Å²) < 4.78 is 1.06. The lowest BCUT2D eigenvalue weighted by molar-refractivity contribution is 0.280. The van der Waals surface area contributed by atoms with E-state index in [2.05, 4.69) is 31.3 Å². The molecule has 0 aliphatic rings. The molecule has 0 saturated carbocycles. The van der Waals surface area contributed by atoms with Crippen molar-refractivity contribution in [2.45, 2.75) is 32.2 Å². The van der Waals surface area contributed by atoms with Gasteiger partial charge in [-0.2, -0.15) is 4.80 Å². The molecule has 0 fully saturated rings. The number of hydrogen-bond donors (Lipinski definition) is 1. The zero-order valence-corrected chi connectivity index (χ0v) is 12.3. The molecule has 0 saturated heterocycles. The van der Waals surface area contributed by atoms with Crippen molar-refractivity contribution in [1.82, 2.24) is 20.2 Å².